The summed E-state index contributed by atoms with van der Waals surface area (Å²) in [5.41, 5.74) is 2.18. The Morgan fingerprint density at radius 2 is 1.77 bits per heavy atom. The van der Waals surface area contributed by atoms with Crippen molar-refractivity contribution in [3.8, 4) is 17.2 Å². The molecule has 1 fully saturated rings. The van der Waals surface area contributed by atoms with E-state index in [1.165, 1.54) is 32.4 Å². The van der Waals surface area contributed by atoms with Crippen molar-refractivity contribution in [3.63, 3.8) is 0 Å². The Bertz CT molecular complexity index is 898. The van der Waals surface area contributed by atoms with Crippen LogP contribution in [0, 0.1) is 0 Å². The first-order chi connectivity index (χ1) is 14.7. The molecule has 2 aliphatic rings. The molecule has 2 aromatic carbocycles. The Balaban J connectivity index is 1.35. The maximum atomic E-state index is 12.8. The van der Waals surface area contributed by atoms with Crippen LogP contribution in [0.25, 0.3) is 6.08 Å². The summed E-state index contributed by atoms with van der Waals surface area (Å²) in [6.07, 6.45) is 5.83. The molecule has 0 unspecified atom stereocenters. The second-order valence-electron chi connectivity index (χ2n) is 7.70. The first-order valence-electron chi connectivity index (χ1n) is 10.8. The second-order valence-corrected chi connectivity index (χ2v) is 7.70. The number of piperidine rings is 1. The zero-order valence-corrected chi connectivity index (χ0v) is 17.6. The number of hydrogen-bond donors (Lipinski definition) is 0. The maximum absolute atomic E-state index is 12.8. The van der Waals surface area contributed by atoms with E-state index in [0.717, 1.165) is 17.9 Å². The Labute approximate surface area is 178 Å². The predicted octanol–water partition coefficient (Wildman–Crippen LogP) is 4.61. The summed E-state index contributed by atoms with van der Waals surface area (Å²) in [5.74, 6) is 2.16. The van der Waals surface area contributed by atoms with Gasteiger partial charge in [-0.25, -0.2) is 0 Å². The molecule has 1 saturated heterocycles. The Hall–Kier alpha value is -2.79. The van der Waals surface area contributed by atoms with Crippen LogP contribution in [-0.4, -0.2) is 50.1 Å². The normalized spacial score (nSPS) is 18.0. The monoisotopic (exact) mass is 407 g/mol. The Morgan fingerprint density at radius 3 is 2.53 bits per heavy atom. The number of carbonyl (C=O) groups excluding carboxylic acids is 1. The molecule has 0 spiro atoms. The van der Waals surface area contributed by atoms with E-state index in [1.54, 1.807) is 12.1 Å². The lowest BCUT2D eigenvalue weighted by molar-refractivity contribution is 0.100. The van der Waals surface area contributed by atoms with Gasteiger partial charge >= 0.3 is 0 Å². The van der Waals surface area contributed by atoms with E-state index in [1.807, 2.05) is 43.3 Å². The van der Waals surface area contributed by atoms with Crippen molar-refractivity contribution in [2.24, 2.45) is 0 Å². The van der Waals surface area contributed by atoms with Crippen molar-refractivity contribution < 1.29 is 19.0 Å². The van der Waals surface area contributed by atoms with Crippen LogP contribution in [0.3, 0.4) is 0 Å². The summed E-state index contributed by atoms with van der Waals surface area (Å²) < 4.78 is 17.2. The molecule has 158 valence electrons. The summed E-state index contributed by atoms with van der Waals surface area (Å²) in [5, 5.41) is 0. The number of Topliss-reactive ketones (excluding diaryl/α,β-unsaturated/α-hetero) is 1. The van der Waals surface area contributed by atoms with Crippen LogP contribution in [0.1, 0.15) is 42.1 Å². The molecule has 0 N–H and O–H groups in total. The minimum atomic E-state index is 0.00107. The zero-order chi connectivity index (χ0) is 20.8. The van der Waals surface area contributed by atoms with Crippen molar-refractivity contribution in [3.05, 3.63) is 59.2 Å². The van der Waals surface area contributed by atoms with Crippen LogP contribution < -0.4 is 14.2 Å². The van der Waals surface area contributed by atoms with E-state index in [2.05, 4.69) is 4.90 Å². The molecule has 0 amide bonds. The lowest BCUT2D eigenvalue weighted by Crippen LogP contribution is -2.33. The SMILES string of the molecule is CCOc1ccc2c(c1)OCC(=Cc1ccc(OCCN3CCCCC3)cc1)C2=O. The molecule has 0 atom stereocenters. The molecule has 30 heavy (non-hydrogen) atoms. The molecule has 4 rings (SSSR count). The number of ether oxygens (including phenoxy) is 3. The third-order valence-electron chi connectivity index (χ3n) is 5.53. The van der Waals surface area contributed by atoms with Crippen LogP contribution in [0.15, 0.2) is 48.0 Å². The smallest absolute Gasteiger partial charge is 0.196 e. The van der Waals surface area contributed by atoms with E-state index >= 15 is 0 Å². The molecule has 0 aromatic heterocycles. The fraction of sp³-hybridized carbons (Fsp3) is 0.400. The van der Waals surface area contributed by atoms with Crippen molar-refractivity contribution >= 4 is 11.9 Å². The molecule has 2 heterocycles. The lowest BCUT2D eigenvalue weighted by Gasteiger charge is -2.26. The van der Waals surface area contributed by atoms with Crippen molar-refractivity contribution in [1.82, 2.24) is 4.90 Å². The first kappa shape index (κ1) is 20.5. The second kappa shape index (κ2) is 9.81. The molecule has 0 saturated carbocycles. The fourth-order valence-electron chi connectivity index (χ4n) is 3.90. The van der Waals surface area contributed by atoms with Crippen LogP contribution in [0.5, 0.6) is 17.2 Å². The van der Waals surface area contributed by atoms with Gasteiger partial charge in [0.1, 0.15) is 30.5 Å². The van der Waals surface area contributed by atoms with Gasteiger partial charge in [-0.1, -0.05) is 18.6 Å². The van der Waals surface area contributed by atoms with Gasteiger partial charge in [0, 0.05) is 18.2 Å². The Kier molecular flexibility index (Phi) is 6.70. The van der Waals surface area contributed by atoms with E-state index in [-0.39, 0.29) is 12.4 Å². The quantitative estimate of drug-likeness (QED) is 0.628. The van der Waals surface area contributed by atoms with Crippen LogP contribution >= 0.6 is 0 Å². The van der Waals surface area contributed by atoms with E-state index in [4.69, 9.17) is 14.2 Å². The average Bonchev–Trinajstić information content (AvgIpc) is 2.78. The molecule has 2 aromatic rings. The molecule has 0 bridgehead atoms. The van der Waals surface area contributed by atoms with Crippen molar-refractivity contribution in [2.45, 2.75) is 26.2 Å². The van der Waals surface area contributed by atoms with Gasteiger partial charge in [0.15, 0.2) is 5.78 Å². The topological polar surface area (TPSA) is 48.0 Å². The summed E-state index contributed by atoms with van der Waals surface area (Å²) in [6, 6.07) is 13.2. The number of hydrogen-bond acceptors (Lipinski definition) is 5. The number of likely N-dealkylation sites (tertiary alicyclic amines) is 1. The highest BCUT2D eigenvalue weighted by atomic mass is 16.5. The van der Waals surface area contributed by atoms with Crippen LogP contribution in [-0.2, 0) is 0 Å². The third-order valence-corrected chi connectivity index (χ3v) is 5.53. The first-order valence-corrected chi connectivity index (χ1v) is 10.8. The van der Waals surface area contributed by atoms with E-state index < -0.39 is 0 Å². The predicted molar refractivity (Wildman–Crippen MR) is 118 cm³/mol. The summed E-state index contributed by atoms with van der Waals surface area (Å²) in [7, 11) is 0. The van der Waals surface area contributed by atoms with Crippen LogP contribution in [0.4, 0.5) is 0 Å². The minimum absolute atomic E-state index is 0.00107. The molecule has 5 heteroatoms. The van der Waals surface area contributed by atoms with E-state index in [9.17, 15) is 4.79 Å². The largest absolute Gasteiger partial charge is 0.494 e. The molecule has 5 nitrogen and oxygen atoms in total. The minimum Gasteiger partial charge on any atom is -0.494 e. The molecule has 0 radical (unpaired) electrons. The highest BCUT2D eigenvalue weighted by Crippen LogP contribution is 2.31. The average molecular weight is 408 g/mol. The maximum Gasteiger partial charge on any atom is 0.196 e. The molecular formula is C25H29NO4. The fourth-order valence-corrected chi connectivity index (χ4v) is 3.90. The van der Waals surface area contributed by atoms with Gasteiger partial charge in [-0.2, -0.15) is 0 Å². The Morgan fingerprint density at radius 1 is 1.00 bits per heavy atom. The molecule has 0 aliphatic carbocycles. The highest BCUT2D eigenvalue weighted by molar-refractivity contribution is 6.14. The summed E-state index contributed by atoms with van der Waals surface area (Å²) in [4.78, 5) is 15.3. The van der Waals surface area contributed by atoms with Crippen LogP contribution in [0.2, 0.25) is 0 Å². The highest BCUT2D eigenvalue weighted by Gasteiger charge is 2.23. The number of nitrogens with zero attached hydrogens (tertiary/aromatic N) is 1. The van der Waals surface area contributed by atoms with Crippen molar-refractivity contribution in [2.75, 3.05) is 39.5 Å². The van der Waals surface area contributed by atoms with Crippen molar-refractivity contribution in [1.29, 1.82) is 0 Å². The molecular weight excluding hydrogens is 378 g/mol. The van der Waals surface area contributed by atoms with Gasteiger partial charge < -0.3 is 14.2 Å². The van der Waals surface area contributed by atoms with E-state index in [0.29, 0.717) is 35.8 Å². The molecule has 2 aliphatic heterocycles. The van der Waals surface area contributed by atoms with Gasteiger partial charge in [-0.05, 0) is 68.8 Å². The van der Waals surface area contributed by atoms with Gasteiger partial charge in [-0.3, -0.25) is 9.69 Å². The van der Waals surface area contributed by atoms with Gasteiger partial charge in [-0.15, -0.1) is 0 Å². The lowest BCUT2D eigenvalue weighted by atomic mass is 9.98. The zero-order valence-electron chi connectivity index (χ0n) is 17.6. The number of rotatable bonds is 7. The third kappa shape index (κ3) is 5.03. The number of ketones is 1. The summed E-state index contributed by atoms with van der Waals surface area (Å²) >= 11 is 0. The van der Waals surface area contributed by atoms with Gasteiger partial charge in [0.05, 0.1) is 12.2 Å². The van der Waals surface area contributed by atoms with Gasteiger partial charge in [0.2, 0.25) is 0 Å². The number of fused-ring (bicyclic) bond motifs is 1. The standard InChI is InChI=1S/C25H29NO4/c1-2-28-22-10-11-23-24(17-22)30-18-20(25(23)27)16-19-6-8-21(9-7-19)29-15-14-26-12-4-3-5-13-26/h6-11,16-17H,2-5,12-15,18H2,1H3. The number of benzene rings is 2. The summed E-state index contributed by atoms with van der Waals surface area (Å²) in [6.45, 7) is 6.81. The number of carbonyl (C=O) groups is 1. The van der Waals surface area contributed by atoms with Gasteiger partial charge in [0.25, 0.3) is 0 Å².